The summed E-state index contributed by atoms with van der Waals surface area (Å²) in [6, 6.07) is 0. The van der Waals surface area contributed by atoms with Crippen LogP contribution in [0, 0.1) is 17.8 Å². The normalized spacial score (nSPS) is 14.0. The predicted molar refractivity (Wildman–Crippen MR) is 252 cm³/mol. The fraction of sp³-hybridized carbons (Fsp3) is 0.962. The molecule has 0 aromatic rings. The lowest BCUT2D eigenvalue weighted by molar-refractivity contribution is -0.145. The lowest BCUT2D eigenvalue weighted by Gasteiger charge is -2.32. The Hall–Kier alpha value is -1.18. The highest BCUT2D eigenvalue weighted by Gasteiger charge is 2.15. The van der Waals surface area contributed by atoms with Gasteiger partial charge in [-0.15, -0.1) is 0 Å². The molecule has 350 valence electrons. The van der Waals surface area contributed by atoms with Gasteiger partial charge < -0.3 is 24.0 Å². The third kappa shape index (κ3) is 36.1. The zero-order chi connectivity index (χ0) is 42.9. The number of unbranched alkanes of at least 4 members (excludes halogenated alkanes) is 16. The number of rotatable bonds is 44. The van der Waals surface area contributed by atoms with Crippen LogP contribution in [0.1, 0.15) is 240 Å². The van der Waals surface area contributed by atoms with E-state index in [4.69, 9.17) is 14.2 Å². The second kappa shape index (κ2) is 42.1. The Morgan fingerprint density at radius 1 is 0.424 bits per heavy atom. The molecular formula is C52H102N2O5. The lowest BCUT2D eigenvalue weighted by Crippen LogP contribution is -2.44. The fourth-order valence-corrected chi connectivity index (χ4v) is 8.86. The van der Waals surface area contributed by atoms with Crippen LogP contribution in [0.2, 0.25) is 0 Å². The third-order valence-corrected chi connectivity index (χ3v) is 13.1. The number of hydrogen-bond acceptors (Lipinski definition) is 7. The number of carbonyl (C=O) groups is 2. The molecule has 0 atom stereocenters. The van der Waals surface area contributed by atoms with Gasteiger partial charge in [-0.05, 0) is 69.7 Å². The van der Waals surface area contributed by atoms with E-state index in [9.17, 15) is 9.59 Å². The molecule has 0 amide bonds. The minimum absolute atomic E-state index is 0.00972. The lowest BCUT2D eigenvalue weighted by atomic mass is 9.93. The van der Waals surface area contributed by atoms with Crippen LogP contribution >= 0.6 is 0 Å². The van der Waals surface area contributed by atoms with Crippen LogP contribution in [0.15, 0.2) is 0 Å². The predicted octanol–water partition coefficient (Wildman–Crippen LogP) is 14.1. The van der Waals surface area contributed by atoms with Crippen LogP contribution in [0.4, 0.5) is 0 Å². The average Bonchev–Trinajstić information content (AvgIpc) is 3.24. The molecule has 59 heavy (non-hydrogen) atoms. The van der Waals surface area contributed by atoms with Gasteiger partial charge in [-0.1, -0.05) is 182 Å². The molecule has 0 aromatic carbocycles. The van der Waals surface area contributed by atoms with E-state index in [0.29, 0.717) is 32.0 Å². The maximum atomic E-state index is 12.3. The monoisotopic (exact) mass is 835 g/mol. The Kier molecular flexibility index (Phi) is 39.9. The summed E-state index contributed by atoms with van der Waals surface area (Å²) in [6.07, 6.45) is 39.3. The number of piperazine rings is 1. The Balaban J connectivity index is 2.20. The van der Waals surface area contributed by atoms with Crippen LogP contribution in [0.3, 0.4) is 0 Å². The van der Waals surface area contributed by atoms with Gasteiger partial charge >= 0.3 is 11.9 Å². The van der Waals surface area contributed by atoms with Crippen molar-refractivity contribution in [2.75, 3.05) is 66.2 Å². The van der Waals surface area contributed by atoms with Crippen molar-refractivity contribution in [1.82, 2.24) is 9.80 Å². The van der Waals surface area contributed by atoms with E-state index in [-0.39, 0.29) is 11.9 Å². The molecule has 0 unspecified atom stereocenters. The van der Waals surface area contributed by atoms with Crippen LogP contribution in [0.25, 0.3) is 0 Å². The Morgan fingerprint density at radius 3 is 1.20 bits per heavy atom. The first-order chi connectivity index (χ1) is 28.9. The minimum atomic E-state index is 0.00972. The Bertz CT molecular complexity index is 838. The van der Waals surface area contributed by atoms with Crippen LogP contribution in [-0.2, 0) is 23.8 Å². The maximum absolute atomic E-state index is 12.3. The molecule has 0 saturated carbocycles. The third-order valence-electron chi connectivity index (χ3n) is 13.1. The van der Waals surface area contributed by atoms with Crippen LogP contribution in [0.5, 0.6) is 0 Å². The van der Waals surface area contributed by atoms with E-state index in [1.54, 1.807) is 0 Å². The molecule has 0 N–H and O–H groups in total. The van der Waals surface area contributed by atoms with Crippen molar-refractivity contribution in [3.63, 3.8) is 0 Å². The smallest absolute Gasteiger partial charge is 0.305 e. The summed E-state index contributed by atoms with van der Waals surface area (Å²) in [5.41, 5.74) is 0. The second-order valence-electron chi connectivity index (χ2n) is 18.8. The highest BCUT2D eigenvalue weighted by atomic mass is 16.5. The molecule has 0 aliphatic carbocycles. The van der Waals surface area contributed by atoms with E-state index in [2.05, 4.69) is 44.5 Å². The fourth-order valence-electron chi connectivity index (χ4n) is 8.86. The van der Waals surface area contributed by atoms with Crippen molar-refractivity contribution in [3.8, 4) is 0 Å². The second-order valence-corrected chi connectivity index (χ2v) is 18.8. The molecule has 1 heterocycles. The summed E-state index contributed by atoms with van der Waals surface area (Å²) in [4.78, 5) is 29.6. The highest BCUT2D eigenvalue weighted by molar-refractivity contribution is 5.69. The summed E-state index contributed by atoms with van der Waals surface area (Å²) >= 11 is 0. The molecule has 1 rings (SSSR count). The van der Waals surface area contributed by atoms with Gasteiger partial charge in [0.05, 0.1) is 13.2 Å². The highest BCUT2D eigenvalue weighted by Crippen LogP contribution is 2.23. The molecule has 1 aliphatic heterocycles. The number of hydrogen-bond donors (Lipinski definition) is 0. The van der Waals surface area contributed by atoms with Crippen molar-refractivity contribution in [3.05, 3.63) is 0 Å². The van der Waals surface area contributed by atoms with Crippen LogP contribution in [-0.4, -0.2) is 87.9 Å². The number of carbonyl (C=O) groups excluding carboxylic acids is 2. The first kappa shape index (κ1) is 55.8. The molecule has 7 heteroatoms. The zero-order valence-electron chi connectivity index (χ0n) is 40.4. The molecule has 1 aliphatic rings. The summed E-state index contributed by atoms with van der Waals surface area (Å²) < 4.78 is 17.5. The van der Waals surface area contributed by atoms with Gasteiger partial charge in [-0.3, -0.25) is 9.59 Å². The Labute approximate surface area is 368 Å². The Morgan fingerprint density at radius 2 is 0.797 bits per heavy atom. The van der Waals surface area contributed by atoms with Crippen molar-refractivity contribution in [1.29, 1.82) is 0 Å². The van der Waals surface area contributed by atoms with E-state index in [1.807, 2.05) is 0 Å². The van der Waals surface area contributed by atoms with Gasteiger partial charge in [0, 0.05) is 58.8 Å². The van der Waals surface area contributed by atoms with Crippen LogP contribution < -0.4 is 0 Å². The summed E-state index contributed by atoms with van der Waals surface area (Å²) in [5.74, 6) is 2.14. The van der Waals surface area contributed by atoms with Crippen molar-refractivity contribution < 1.29 is 23.8 Å². The first-order valence-corrected chi connectivity index (χ1v) is 26.2. The quantitative estimate of drug-likeness (QED) is 0.0447. The van der Waals surface area contributed by atoms with Gasteiger partial charge in [0.15, 0.2) is 0 Å². The van der Waals surface area contributed by atoms with Gasteiger partial charge in [-0.25, -0.2) is 0 Å². The molecule has 0 aromatic heterocycles. The van der Waals surface area contributed by atoms with Gasteiger partial charge in [0.2, 0.25) is 0 Å². The van der Waals surface area contributed by atoms with Gasteiger partial charge in [-0.2, -0.15) is 0 Å². The summed E-state index contributed by atoms with van der Waals surface area (Å²) in [7, 11) is 2.22. The van der Waals surface area contributed by atoms with Crippen molar-refractivity contribution in [2.45, 2.75) is 240 Å². The number of esters is 2. The molecule has 1 fully saturated rings. The molecule has 7 nitrogen and oxygen atoms in total. The number of nitrogens with zero attached hydrogens (tertiary/aromatic N) is 2. The topological polar surface area (TPSA) is 68.3 Å². The number of likely N-dealkylation sites (N-methyl/N-ethyl adjacent to an activating group) is 1. The molecular weight excluding hydrogens is 733 g/mol. The van der Waals surface area contributed by atoms with E-state index in [0.717, 1.165) is 76.5 Å². The van der Waals surface area contributed by atoms with Gasteiger partial charge in [0.1, 0.15) is 0 Å². The SMILES string of the molecule is CCCCC(CCCC)CCOC(=O)CCCCCCCCCC(CCCCCCCCCC(=O)OCCC(CCCC)CCCC)COCCCN1CCN(C)CC1. The van der Waals surface area contributed by atoms with E-state index in [1.165, 1.54) is 180 Å². The van der Waals surface area contributed by atoms with E-state index >= 15 is 0 Å². The average molecular weight is 835 g/mol. The van der Waals surface area contributed by atoms with Gasteiger partial charge in [0.25, 0.3) is 0 Å². The van der Waals surface area contributed by atoms with Crippen molar-refractivity contribution >= 4 is 11.9 Å². The first-order valence-electron chi connectivity index (χ1n) is 26.2. The summed E-state index contributed by atoms with van der Waals surface area (Å²) in [6.45, 7) is 18.0. The molecule has 0 bridgehead atoms. The molecule has 1 saturated heterocycles. The summed E-state index contributed by atoms with van der Waals surface area (Å²) in [5, 5.41) is 0. The molecule has 0 spiro atoms. The number of ether oxygens (including phenoxy) is 3. The standard InChI is InChI=1S/C52H102N2O5/c1-6-10-29-48(30-11-7-2)37-45-58-51(55)35-26-22-18-14-16-20-24-33-50(47-57-44-28-39-54-42-40-53(5)41-43-54)34-25-21-17-15-19-23-27-36-52(56)59-46-38-49(31-12-8-3)32-13-9-4/h48-50H,6-47H2,1-5H3. The largest absolute Gasteiger partial charge is 0.466 e. The minimum Gasteiger partial charge on any atom is -0.466 e. The van der Waals surface area contributed by atoms with Crippen molar-refractivity contribution in [2.24, 2.45) is 17.8 Å². The zero-order valence-corrected chi connectivity index (χ0v) is 40.4. The molecule has 0 radical (unpaired) electrons. The maximum Gasteiger partial charge on any atom is 0.305 e. The van der Waals surface area contributed by atoms with E-state index < -0.39 is 0 Å².